The molecule has 102 valence electrons. The summed E-state index contributed by atoms with van der Waals surface area (Å²) in [6.45, 7) is 5.60. The number of nitrogens with zero attached hydrogens (tertiary/aromatic N) is 1. The summed E-state index contributed by atoms with van der Waals surface area (Å²) in [6, 6.07) is 8.65. The van der Waals surface area contributed by atoms with Crippen molar-refractivity contribution in [2.45, 2.75) is 19.1 Å². The Balaban J connectivity index is 1.98. The van der Waals surface area contributed by atoms with Gasteiger partial charge in [-0.15, -0.1) is 0 Å². The Hall–Kier alpha value is -0.510. The third kappa shape index (κ3) is 7.04. The first kappa shape index (κ1) is 15.5. The highest BCUT2D eigenvalue weighted by Crippen LogP contribution is 2.15. The van der Waals surface area contributed by atoms with Gasteiger partial charge < -0.3 is 10.2 Å². The minimum atomic E-state index is 1.12. The number of benzene rings is 1. The smallest absolute Gasteiger partial charge is 0.0187 e. The summed E-state index contributed by atoms with van der Waals surface area (Å²) < 4.78 is 0. The van der Waals surface area contributed by atoms with Gasteiger partial charge in [-0.25, -0.2) is 0 Å². The van der Waals surface area contributed by atoms with E-state index in [0.29, 0.717) is 0 Å². The molecule has 3 heteroatoms. The van der Waals surface area contributed by atoms with Gasteiger partial charge in [0.1, 0.15) is 0 Å². The summed E-state index contributed by atoms with van der Waals surface area (Å²) in [6.07, 6.45) is 1.23. The average molecular weight is 266 g/mol. The number of hydrogen-bond donors (Lipinski definition) is 1. The molecule has 0 atom stereocenters. The van der Waals surface area contributed by atoms with E-state index < -0.39 is 0 Å². The standard InChI is InChI=1S/C15H26N2S/c1-14-7-4-5-8-15(14)13-18-12-10-16-9-6-11-17(2)3/h4-5,7-8,16H,6,9-13H2,1-3H3. The zero-order valence-corrected chi connectivity index (χ0v) is 12.7. The molecule has 0 amide bonds. The molecule has 0 spiro atoms. The second kappa shape index (κ2) is 9.42. The zero-order chi connectivity index (χ0) is 13.2. The number of thioether (sulfide) groups is 1. The number of nitrogens with one attached hydrogen (secondary N) is 1. The van der Waals surface area contributed by atoms with Crippen LogP contribution in [0.25, 0.3) is 0 Å². The van der Waals surface area contributed by atoms with E-state index in [9.17, 15) is 0 Å². The van der Waals surface area contributed by atoms with Crippen molar-refractivity contribution in [2.24, 2.45) is 0 Å². The minimum Gasteiger partial charge on any atom is -0.316 e. The molecule has 0 aromatic heterocycles. The molecule has 0 fully saturated rings. The Bertz CT molecular complexity index is 326. The van der Waals surface area contributed by atoms with Crippen LogP contribution in [0.15, 0.2) is 24.3 Å². The number of rotatable bonds is 9. The number of hydrogen-bond acceptors (Lipinski definition) is 3. The van der Waals surface area contributed by atoms with E-state index in [2.05, 4.69) is 55.5 Å². The lowest BCUT2D eigenvalue weighted by molar-refractivity contribution is 0.396. The Kier molecular flexibility index (Phi) is 8.14. The fourth-order valence-corrected chi connectivity index (χ4v) is 2.72. The van der Waals surface area contributed by atoms with Crippen LogP contribution < -0.4 is 5.32 Å². The second-order valence-electron chi connectivity index (χ2n) is 4.89. The molecule has 0 unspecified atom stereocenters. The fourth-order valence-electron chi connectivity index (χ4n) is 1.74. The topological polar surface area (TPSA) is 15.3 Å². The van der Waals surface area contributed by atoms with E-state index in [1.165, 1.54) is 29.8 Å². The third-order valence-corrected chi connectivity index (χ3v) is 3.91. The maximum Gasteiger partial charge on any atom is 0.0187 e. The van der Waals surface area contributed by atoms with E-state index in [1.54, 1.807) is 0 Å². The molecule has 0 bridgehead atoms. The van der Waals surface area contributed by atoms with Crippen molar-refractivity contribution in [3.05, 3.63) is 35.4 Å². The van der Waals surface area contributed by atoms with E-state index in [4.69, 9.17) is 0 Å². The third-order valence-electron chi connectivity index (χ3n) is 2.90. The molecular formula is C15H26N2S. The van der Waals surface area contributed by atoms with Gasteiger partial charge in [-0.2, -0.15) is 11.8 Å². The maximum atomic E-state index is 3.49. The average Bonchev–Trinajstić information content (AvgIpc) is 2.34. The maximum absolute atomic E-state index is 3.49. The van der Waals surface area contributed by atoms with Crippen molar-refractivity contribution in [3.63, 3.8) is 0 Å². The summed E-state index contributed by atoms with van der Waals surface area (Å²) in [5, 5.41) is 3.49. The van der Waals surface area contributed by atoms with Crippen LogP contribution in [0, 0.1) is 6.92 Å². The molecule has 1 N–H and O–H groups in total. The lowest BCUT2D eigenvalue weighted by Gasteiger charge is -2.10. The Labute approximate surface area is 116 Å². The van der Waals surface area contributed by atoms with Crippen LogP contribution in [0.4, 0.5) is 0 Å². The molecule has 0 radical (unpaired) electrons. The summed E-state index contributed by atoms with van der Waals surface area (Å²) in [5.74, 6) is 2.32. The van der Waals surface area contributed by atoms with Crippen molar-refractivity contribution in [1.82, 2.24) is 10.2 Å². The van der Waals surface area contributed by atoms with E-state index in [0.717, 1.165) is 18.8 Å². The van der Waals surface area contributed by atoms with Gasteiger partial charge in [0, 0.05) is 18.1 Å². The van der Waals surface area contributed by atoms with Gasteiger partial charge in [-0.1, -0.05) is 24.3 Å². The second-order valence-corrected chi connectivity index (χ2v) is 5.99. The molecule has 1 aromatic carbocycles. The van der Waals surface area contributed by atoms with Crippen molar-refractivity contribution in [1.29, 1.82) is 0 Å². The number of aryl methyl sites for hydroxylation is 1. The van der Waals surface area contributed by atoms with Gasteiger partial charge in [0.25, 0.3) is 0 Å². The van der Waals surface area contributed by atoms with Gasteiger partial charge in [0.2, 0.25) is 0 Å². The predicted molar refractivity (Wildman–Crippen MR) is 83.4 cm³/mol. The Morgan fingerprint density at radius 1 is 1.17 bits per heavy atom. The molecule has 18 heavy (non-hydrogen) atoms. The highest BCUT2D eigenvalue weighted by molar-refractivity contribution is 7.98. The molecule has 0 aliphatic rings. The largest absolute Gasteiger partial charge is 0.316 e. The summed E-state index contributed by atoms with van der Waals surface area (Å²) in [5.41, 5.74) is 2.87. The molecule has 0 saturated carbocycles. The van der Waals surface area contributed by atoms with Crippen molar-refractivity contribution < 1.29 is 0 Å². The highest BCUT2D eigenvalue weighted by Gasteiger charge is 1.97. The van der Waals surface area contributed by atoms with Crippen LogP contribution in [0.3, 0.4) is 0 Å². The van der Waals surface area contributed by atoms with Crippen LogP contribution in [0.5, 0.6) is 0 Å². The lowest BCUT2D eigenvalue weighted by Crippen LogP contribution is -2.23. The van der Waals surface area contributed by atoms with Crippen LogP contribution >= 0.6 is 11.8 Å². The molecule has 1 rings (SSSR count). The summed E-state index contributed by atoms with van der Waals surface area (Å²) in [4.78, 5) is 2.23. The quantitative estimate of drug-likeness (QED) is 0.692. The van der Waals surface area contributed by atoms with Gasteiger partial charge in [-0.05, 0) is 51.7 Å². The van der Waals surface area contributed by atoms with Crippen molar-refractivity contribution >= 4 is 11.8 Å². The predicted octanol–water partition coefficient (Wildman–Crippen LogP) is 2.77. The first-order valence-corrected chi connectivity index (χ1v) is 7.83. The summed E-state index contributed by atoms with van der Waals surface area (Å²) >= 11 is 2.01. The van der Waals surface area contributed by atoms with Crippen LogP contribution in [-0.4, -0.2) is 44.4 Å². The first-order chi connectivity index (χ1) is 8.70. The van der Waals surface area contributed by atoms with E-state index in [-0.39, 0.29) is 0 Å². The van der Waals surface area contributed by atoms with E-state index in [1.807, 2.05) is 11.8 Å². The molecule has 0 saturated heterocycles. The molecule has 0 heterocycles. The molecule has 2 nitrogen and oxygen atoms in total. The Morgan fingerprint density at radius 3 is 2.67 bits per heavy atom. The van der Waals surface area contributed by atoms with E-state index >= 15 is 0 Å². The van der Waals surface area contributed by atoms with Gasteiger partial charge in [-0.3, -0.25) is 0 Å². The van der Waals surface area contributed by atoms with Crippen molar-refractivity contribution in [3.8, 4) is 0 Å². The van der Waals surface area contributed by atoms with Gasteiger partial charge in [0.15, 0.2) is 0 Å². The molecule has 1 aromatic rings. The van der Waals surface area contributed by atoms with Crippen LogP contribution in [0.2, 0.25) is 0 Å². The van der Waals surface area contributed by atoms with Crippen molar-refractivity contribution in [2.75, 3.05) is 39.5 Å². The molecular weight excluding hydrogens is 240 g/mol. The SMILES string of the molecule is Cc1ccccc1CSCCNCCCN(C)C. The Morgan fingerprint density at radius 2 is 1.94 bits per heavy atom. The van der Waals surface area contributed by atoms with Crippen LogP contribution in [0.1, 0.15) is 17.5 Å². The first-order valence-electron chi connectivity index (χ1n) is 6.68. The normalized spacial score (nSPS) is 11.1. The van der Waals surface area contributed by atoms with Crippen LogP contribution in [-0.2, 0) is 5.75 Å². The zero-order valence-electron chi connectivity index (χ0n) is 11.9. The monoisotopic (exact) mass is 266 g/mol. The molecule has 0 aliphatic carbocycles. The highest BCUT2D eigenvalue weighted by atomic mass is 32.2. The fraction of sp³-hybridized carbons (Fsp3) is 0.600. The van der Waals surface area contributed by atoms with Gasteiger partial charge in [0.05, 0.1) is 0 Å². The minimum absolute atomic E-state index is 1.12. The summed E-state index contributed by atoms with van der Waals surface area (Å²) in [7, 11) is 4.25. The molecule has 0 aliphatic heterocycles. The lowest BCUT2D eigenvalue weighted by atomic mass is 10.1. The van der Waals surface area contributed by atoms with Gasteiger partial charge >= 0.3 is 0 Å².